The number of nitrogens with one attached hydrogen (secondary N) is 1. The van der Waals surface area contributed by atoms with Crippen molar-refractivity contribution < 1.29 is 14.3 Å². The number of aromatic nitrogens is 1. The molecule has 0 bridgehead atoms. The van der Waals surface area contributed by atoms with Gasteiger partial charge in [-0.25, -0.2) is 0 Å². The first-order valence-corrected chi connectivity index (χ1v) is 13.6. The number of halogens is 1. The van der Waals surface area contributed by atoms with Gasteiger partial charge < -0.3 is 25.4 Å². The lowest BCUT2D eigenvalue weighted by Gasteiger charge is -2.38. The molecule has 1 fully saturated rings. The van der Waals surface area contributed by atoms with Crippen LogP contribution >= 0.6 is 23.5 Å². The van der Waals surface area contributed by atoms with E-state index in [9.17, 15) is 4.79 Å². The lowest BCUT2D eigenvalue weighted by Crippen LogP contribution is -2.48. The first-order valence-electron chi connectivity index (χ1n) is 12.4. The van der Waals surface area contributed by atoms with E-state index in [2.05, 4.69) is 28.5 Å². The molecule has 0 aliphatic carbocycles. The number of benzene rings is 2. The number of piperazine rings is 1. The maximum absolute atomic E-state index is 13.5. The molecule has 1 amide bonds. The second kappa shape index (κ2) is 11.8. The average molecular weight is 556 g/mol. The Morgan fingerprint density at radius 1 is 1.11 bits per heavy atom. The molecular weight excluding hydrogens is 522 g/mol. The van der Waals surface area contributed by atoms with Gasteiger partial charge in [0.2, 0.25) is 0 Å². The van der Waals surface area contributed by atoms with E-state index in [1.807, 2.05) is 53.4 Å². The van der Waals surface area contributed by atoms with Crippen LogP contribution in [0.5, 0.6) is 11.5 Å². The maximum Gasteiger partial charge on any atom is 0.253 e. The van der Waals surface area contributed by atoms with Gasteiger partial charge in [0.05, 0.1) is 12.0 Å². The normalized spacial score (nSPS) is 18.2. The van der Waals surface area contributed by atoms with Gasteiger partial charge in [-0.15, -0.1) is 0 Å². The number of rotatable bonds is 6. The number of methoxy groups -OCH3 is 1. The van der Waals surface area contributed by atoms with Crippen LogP contribution in [0, 0.1) is 0 Å². The van der Waals surface area contributed by atoms with E-state index < -0.39 is 0 Å². The Morgan fingerprint density at radius 2 is 1.84 bits per heavy atom. The van der Waals surface area contributed by atoms with Crippen LogP contribution in [0.1, 0.15) is 42.2 Å². The Kier molecular flexibility index (Phi) is 8.72. The van der Waals surface area contributed by atoms with Crippen molar-refractivity contribution in [2.45, 2.75) is 36.8 Å². The van der Waals surface area contributed by atoms with E-state index in [4.69, 9.17) is 21.1 Å². The summed E-state index contributed by atoms with van der Waals surface area (Å²) in [4.78, 5) is 22.7. The molecule has 2 aromatic carbocycles. The first kappa shape index (κ1) is 28.0. The zero-order chi connectivity index (χ0) is 26.0. The molecule has 10 heteroatoms. The number of amides is 1. The van der Waals surface area contributed by atoms with Crippen molar-refractivity contribution in [1.29, 1.82) is 0 Å². The number of carbonyl (C=O) groups is 1. The molecule has 0 saturated carbocycles. The van der Waals surface area contributed by atoms with E-state index >= 15 is 0 Å². The van der Waals surface area contributed by atoms with Crippen LogP contribution in [0.4, 0.5) is 5.69 Å². The second-order valence-corrected chi connectivity index (χ2v) is 11.2. The molecule has 0 radical (unpaired) electrons. The van der Waals surface area contributed by atoms with E-state index in [0.717, 1.165) is 47.2 Å². The van der Waals surface area contributed by atoms with Crippen LogP contribution in [0.15, 0.2) is 65.8 Å². The SMILES string of the molecule is COc1ccc(Cl)cc1SNC1CC(C)(C)Oc2ccc(C(=O)N3CCN(c4ccncc4)CC3)cc21.N. The molecule has 2 aliphatic heterocycles. The highest BCUT2D eigenvalue weighted by molar-refractivity contribution is 7.97. The fourth-order valence-corrected chi connectivity index (χ4v) is 6.02. The van der Waals surface area contributed by atoms with Crippen molar-refractivity contribution in [2.75, 3.05) is 38.2 Å². The molecule has 3 aromatic rings. The minimum absolute atomic E-state index is 0. The second-order valence-electron chi connectivity index (χ2n) is 9.87. The highest BCUT2D eigenvalue weighted by Gasteiger charge is 2.35. The first-order chi connectivity index (χ1) is 17.8. The molecule has 1 atom stereocenters. The predicted octanol–water partition coefficient (Wildman–Crippen LogP) is 5.77. The number of fused-ring (bicyclic) bond motifs is 1. The van der Waals surface area contributed by atoms with Gasteiger partial charge in [-0.2, -0.15) is 0 Å². The highest BCUT2D eigenvalue weighted by atomic mass is 35.5. The summed E-state index contributed by atoms with van der Waals surface area (Å²) in [5, 5.41) is 0.648. The number of carbonyl (C=O) groups excluding carboxylic acids is 1. The number of nitrogens with zero attached hydrogens (tertiary/aromatic N) is 3. The van der Waals surface area contributed by atoms with E-state index in [1.165, 1.54) is 11.9 Å². The van der Waals surface area contributed by atoms with Gasteiger partial charge in [0.25, 0.3) is 5.91 Å². The third-order valence-corrected chi connectivity index (χ3v) is 7.92. The minimum Gasteiger partial charge on any atom is -0.496 e. The Balaban J connectivity index is 0.00000336. The van der Waals surface area contributed by atoms with Gasteiger partial charge in [-0.3, -0.25) is 14.5 Å². The standard InChI is InChI=1S/C28H31ClN4O3S.H3N/c1-28(2)18-23(31-37-26-17-20(29)5-7-25(26)35-3)22-16-19(4-6-24(22)36-28)27(34)33-14-12-32(13-15-33)21-8-10-30-11-9-21;/h4-11,16-17,23,31H,12-15,18H2,1-3H3;1H3. The Morgan fingerprint density at radius 3 is 2.55 bits per heavy atom. The van der Waals surface area contributed by atoms with Gasteiger partial charge in [0.1, 0.15) is 17.1 Å². The van der Waals surface area contributed by atoms with Gasteiger partial charge in [-0.1, -0.05) is 11.6 Å². The number of ether oxygens (including phenoxy) is 2. The number of pyridine rings is 1. The van der Waals surface area contributed by atoms with Crippen LogP contribution in [0.3, 0.4) is 0 Å². The van der Waals surface area contributed by atoms with Gasteiger partial charge in [-0.05, 0) is 74.3 Å². The van der Waals surface area contributed by atoms with Crippen LogP contribution in [-0.2, 0) is 0 Å². The van der Waals surface area contributed by atoms with Crippen molar-refractivity contribution in [2.24, 2.45) is 0 Å². The van der Waals surface area contributed by atoms with Crippen molar-refractivity contribution >= 4 is 35.1 Å². The molecule has 5 rings (SSSR count). The van der Waals surface area contributed by atoms with E-state index in [-0.39, 0.29) is 23.7 Å². The fourth-order valence-electron chi connectivity index (χ4n) is 4.86. The van der Waals surface area contributed by atoms with Crippen LogP contribution in [0.2, 0.25) is 5.02 Å². The van der Waals surface area contributed by atoms with Crippen molar-refractivity contribution in [3.8, 4) is 11.5 Å². The largest absolute Gasteiger partial charge is 0.496 e. The smallest absolute Gasteiger partial charge is 0.253 e. The van der Waals surface area contributed by atoms with Gasteiger partial charge in [0.15, 0.2) is 0 Å². The summed E-state index contributed by atoms with van der Waals surface area (Å²) in [7, 11) is 1.65. The predicted molar refractivity (Wildman–Crippen MR) is 153 cm³/mol. The summed E-state index contributed by atoms with van der Waals surface area (Å²) in [6, 6.07) is 15.3. The number of anilines is 1. The average Bonchev–Trinajstić information content (AvgIpc) is 2.91. The molecule has 38 heavy (non-hydrogen) atoms. The van der Waals surface area contributed by atoms with E-state index in [1.54, 1.807) is 19.5 Å². The zero-order valence-electron chi connectivity index (χ0n) is 21.9. The fraction of sp³-hybridized carbons (Fsp3) is 0.357. The third-order valence-electron chi connectivity index (χ3n) is 6.75. The zero-order valence-corrected chi connectivity index (χ0v) is 23.5. The summed E-state index contributed by atoms with van der Waals surface area (Å²) in [6.45, 7) is 7.09. The summed E-state index contributed by atoms with van der Waals surface area (Å²) >= 11 is 7.71. The summed E-state index contributed by atoms with van der Waals surface area (Å²) in [5.74, 6) is 1.60. The maximum atomic E-state index is 13.5. The molecule has 1 unspecified atom stereocenters. The topological polar surface area (TPSA) is 102 Å². The molecule has 1 aromatic heterocycles. The molecule has 1 saturated heterocycles. The van der Waals surface area contributed by atoms with Gasteiger partial charge in [0, 0.05) is 72.9 Å². The lowest BCUT2D eigenvalue weighted by atomic mass is 9.89. The lowest BCUT2D eigenvalue weighted by molar-refractivity contribution is 0.0700. The molecule has 3 heterocycles. The Hall–Kier alpha value is -2.98. The van der Waals surface area contributed by atoms with Crippen LogP contribution < -0.4 is 25.2 Å². The molecule has 2 aliphatic rings. The third kappa shape index (κ3) is 6.18. The summed E-state index contributed by atoms with van der Waals surface area (Å²) < 4.78 is 15.4. The molecule has 8 nitrogen and oxygen atoms in total. The van der Waals surface area contributed by atoms with Crippen LogP contribution in [0.25, 0.3) is 0 Å². The molecular formula is C28H34ClN5O3S. The summed E-state index contributed by atoms with van der Waals surface area (Å²) in [5.41, 5.74) is 2.45. The summed E-state index contributed by atoms with van der Waals surface area (Å²) in [6.07, 6.45) is 4.35. The molecule has 4 N–H and O–H groups in total. The highest BCUT2D eigenvalue weighted by Crippen LogP contribution is 2.42. The Bertz CT molecular complexity index is 1270. The number of hydrogen-bond acceptors (Lipinski definition) is 8. The number of hydrogen-bond donors (Lipinski definition) is 2. The quantitative estimate of drug-likeness (QED) is 0.370. The monoisotopic (exact) mass is 555 g/mol. The molecule has 202 valence electrons. The van der Waals surface area contributed by atoms with Crippen molar-refractivity contribution in [3.05, 3.63) is 77.1 Å². The van der Waals surface area contributed by atoms with Gasteiger partial charge >= 0.3 is 0 Å². The minimum atomic E-state index is -0.349. The van der Waals surface area contributed by atoms with Crippen molar-refractivity contribution in [1.82, 2.24) is 20.8 Å². The van der Waals surface area contributed by atoms with E-state index in [0.29, 0.717) is 23.7 Å². The molecule has 0 spiro atoms. The van der Waals surface area contributed by atoms with Crippen LogP contribution in [-0.4, -0.2) is 54.7 Å². The Labute approximate surface area is 233 Å². The van der Waals surface area contributed by atoms with Crippen molar-refractivity contribution in [3.63, 3.8) is 0 Å².